The van der Waals surface area contributed by atoms with Crippen LogP contribution >= 0.6 is 0 Å². The number of rotatable bonds is 3. The lowest BCUT2D eigenvalue weighted by atomic mass is 10.1. The van der Waals surface area contributed by atoms with E-state index in [-0.39, 0.29) is 17.9 Å². The topological polar surface area (TPSA) is 102 Å². The minimum absolute atomic E-state index is 0.0466. The first-order chi connectivity index (χ1) is 6.97. The smallest absolute Gasteiger partial charge is 0.338 e. The molecule has 0 unspecified atom stereocenters. The molecule has 0 spiro atoms. The van der Waals surface area contributed by atoms with Gasteiger partial charge < -0.3 is 16.6 Å². The normalized spacial score (nSPS) is 10.7. The fourth-order valence-electron chi connectivity index (χ4n) is 1.21. The fourth-order valence-corrected chi connectivity index (χ4v) is 1.21. The van der Waals surface area contributed by atoms with Crippen LogP contribution in [0.2, 0.25) is 0 Å². The standard InChI is InChI=1S/C8H9F2N3O2/c9-7(10)6-5(8(14)15)3(2-11)1-4(12)13-6/h1,7H,2,11H2,(H2,12,13)(H,14,15). The van der Waals surface area contributed by atoms with Crippen LogP contribution in [0, 0.1) is 0 Å². The minimum atomic E-state index is -3.00. The summed E-state index contributed by atoms with van der Waals surface area (Å²) in [4.78, 5) is 14.0. The van der Waals surface area contributed by atoms with Gasteiger partial charge in [0.2, 0.25) is 0 Å². The van der Waals surface area contributed by atoms with Crippen molar-refractivity contribution < 1.29 is 18.7 Å². The number of carbonyl (C=O) groups is 1. The van der Waals surface area contributed by atoms with Crippen molar-refractivity contribution in [2.75, 3.05) is 5.73 Å². The van der Waals surface area contributed by atoms with Gasteiger partial charge in [0.25, 0.3) is 6.43 Å². The van der Waals surface area contributed by atoms with E-state index in [9.17, 15) is 13.6 Å². The molecular formula is C8H9F2N3O2. The van der Waals surface area contributed by atoms with Crippen molar-refractivity contribution in [1.29, 1.82) is 0 Å². The molecule has 0 fully saturated rings. The van der Waals surface area contributed by atoms with Crippen molar-refractivity contribution in [2.45, 2.75) is 13.0 Å². The van der Waals surface area contributed by atoms with Gasteiger partial charge in [-0.1, -0.05) is 0 Å². The molecule has 0 aliphatic heterocycles. The van der Waals surface area contributed by atoms with Crippen LogP contribution in [0.3, 0.4) is 0 Å². The Bertz CT molecular complexity index is 396. The quantitative estimate of drug-likeness (QED) is 0.693. The Morgan fingerprint density at radius 2 is 2.20 bits per heavy atom. The molecule has 0 amide bonds. The van der Waals surface area contributed by atoms with E-state index in [1.165, 1.54) is 6.07 Å². The number of aromatic carboxylic acids is 1. The first kappa shape index (κ1) is 11.3. The summed E-state index contributed by atoms with van der Waals surface area (Å²) in [6, 6.07) is 1.18. The van der Waals surface area contributed by atoms with Crippen LogP contribution in [0.25, 0.3) is 0 Å². The molecular weight excluding hydrogens is 208 g/mol. The number of nitrogen functional groups attached to an aromatic ring is 1. The van der Waals surface area contributed by atoms with Crippen LogP contribution in [-0.2, 0) is 6.54 Å². The third-order valence-corrected chi connectivity index (χ3v) is 1.79. The minimum Gasteiger partial charge on any atom is -0.478 e. The molecule has 0 saturated heterocycles. The second-order valence-electron chi connectivity index (χ2n) is 2.78. The van der Waals surface area contributed by atoms with E-state index in [1.54, 1.807) is 0 Å². The average molecular weight is 217 g/mol. The van der Waals surface area contributed by atoms with E-state index >= 15 is 0 Å². The van der Waals surface area contributed by atoms with Crippen molar-refractivity contribution in [3.8, 4) is 0 Å². The Morgan fingerprint density at radius 1 is 1.60 bits per heavy atom. The van der Waals surface area contributed by atoms with E-state index in [2.05, 4.69) is 4.98 Å². The summed E-state index contributed by atoms with van der Waals surface area (Å²) in [5.41, 5.74) is 9.12. The van der Waals surface area contributed by atoms with Crippen molar-refractivity contribution in [3.05, 3.63) is 22.9 Å². The molecule has 7 heteroatoms. The molecule has 1 aromatic rings. The summed E-state index contributed by atoms with van der Waals surface area (Å²) in [7, 11) is 0. The molecule has 0 aliphatic carbocycles. The van der Waals surface area contributed by atoms with E-state index < -0.39 is 23.7 Å². The monoisotopic (exact) mass is 217 g/mol. The molecule has 1 rings (SSSR count). The third-order valence-electron chi connectivity index (χ3n) is 1.79. The molecule has 82 valence electrons. The highest BCUT2D eigenvalue weighted by Gasteiger charge is 2.23. The van der Waals surface area contributed by atoms with Gasteiger partial charge in [-0.3, -0.25) is 0 Å². The Hall–Kier alpha value is -1.76. The summed E-state index contributed by atoms with van der Waals surface area (Å²) in [6.07, 6.45) is -3.00. The molecule has 1 aromatic heterocycles. The zero-order chi connectivity index (χ0) is 11.6. The number of hydrogen-bond acceptors (Lipinski definition) is 4. The van der Waals surface area contributed by atoms with Gasteiger partial charge in [-0.05, 0) is 11.6 Å². The fraction of sp³-hybridized carbons (Fsp3) is 0.250. The maximum absolute atomic E-state index is 12.5. The summed E-state index contributed by atoms with van der Waals surface area (Å²) in [5.74, 6) is -1.66. The van der Waals surface area contributed by atoms with Gasteiger partial charge in [0.05, 0.1) is 5.56 Å². The lowest BCUT2D eigenvalue weighted by Crippen LogP contribution is -2.14. The van der Waals surface area contributed by atoms with Crippen molar-refractivity contribution in [1.82, 2.24) is 4.98 Å². The first-order valence-corrected chi connectivity index (χ1v) is 3.98. The maximum atomic E-state index is 12.5. The Labute approximate surface area is 83.7 Å². The molecule has 0 atom stereocenters. The van der Waals surface area contributed by atoms with Gasteiger partial charge in [-0.2, -0.15) is 0 Å². The summed E-state index contributed by atoms with van der Waals surface area (Å²) >= 11 is 0. The van der Waals surface area contributed by atoms with Gasteiger partial charge in [-0.25, -0.2) is 18.6 Å². The zero-order valence-electron chi connectivity index (χ0n) is 7.58. The first-order valence-electron chi connectivity index (χ1n) is 3.98. The number of anilines is 1. The number of carboxylic acid groups (broad SMARTS) is 1. The lowest BCUT2D eigenvalue weighted by molar-refractivity contribution is 0.0681. The van der Waals surface area contributed by atoms with Gasteiger partial charge >= 0.3 is 5.97 Å². The average Bonchev–Trinajstić information content (AvgIpc) is 2.15. The molecule has 15 heavy (non-hydrogen) atoms. The van der Waals surface area contributed by atoms with Crippen LogP contribution in [0.5, 0.6) is 0 Å². The number of nitrogens with zero attached hydrogens (tertiary/aromatic N) is 1. The van der Waals surface area contributed by atoms with Crippen molar-refractivity contribution in [2.24, 2.45) is 5.73 Å². The van der Waals surface area contributed by atoms with Crippen LogP contribution in [0.15, 0.2) is 6.07 Å². The zero-order valence-corrected chi connectivity index (χ0v) is 7.58. The predicted octanol–water partition coefficient (Wildman–Crippen LogP) is 0.758. The highest BCUT2D eigenvalue weighted by atomic mass is 19.3. The second kappa shape index (κ2) is 4.18. The van der Waals surface area contributed by atoms with Gasteiger partial charge in [0.15, 0.2) is 0 Å². The molecule has 1 heterocycles. The SMILES string of the molecule is NCc1cc(N)nc(C(F)F)c1C(=O)O. The van der Waals surface area contributed by atoms with E-state index in [0.29, 0.717) is 0 Å². The van der Waals surface area contributed by atoms with Crippen molar-refractivity contribution >= 4 is 11.8 Å². The highest BCUT2D eigenvalue weighted by molar-refractivity contribution is 5.91. The van der Waals surface area contributed by atoms with Crippen LogP contribution in [0.1, 0.15) is 28.0 Å². The van der Waals surface area contributed by atoms with E-state index in [4.69, 9.17) is 16.6 Å². The highest BCUT2D eigenvalue weighted by Crippen LogP contribution is 2.25. The number of carboxylic acids is 1. The molecule has 0 aliphatic rings. The maximum Gasteiger partial charge on any atom is 0.338 e. The molecule has 5 nitrogen and oxygen atoms in total. The summed E-state index contributed by atoms with van der Waals surface area (Å²) in [5, 5.41) is 8.75. The van der Waals surface area contributed by atoms with Gasteiger partial charge in [-0.15, -0.1) is 0 Å². The van der Waals surface area contributed by atoms with E-state index in [0.717, 1.165) is 0 Å². The lowest BCUT2D eigenvalue weighted by Gasteiger charge is -2.09. The number of nitrogens with two attached hydrogens (primary N) is 2. The van der Waals surface area contributed by atoms with Crippen molar-refractivity contribution in [3.63, 3.8) is 0 Å². The number of halogens is 2. The summed E-state index contributed by atoms with van der Waals surface area (Å²) < 4.78 is 24.9. The Kier molecular flexibility index (Phi) is 3.15. The summed E-state index contributed by atoms with van der Waals surface area (Å²) in [6.45, 7) is -0.186. The molecule has 0 saturated carbocycles. The largest absolute Gasteiger partial charge is 0.478 e. The number of hydrogen-bond donors (Lipinski definition) is 3. The Balaban J connectivity index is 3.47. The number of alkyl halides is 2. The Morgan fingerprint density at radius 3 is 2.60 bits per heavy atom. The van der Waals surface area contributed by atoms with Gasteiger partial charge in [0.1, 0.15) is 11.5 Å². The van der Waals surface area contributed by atoms with E-state index in [1.807, 2.05) is 0 Å². The number of aromatic nitrogens is 1. The molecule has 0 aromatic carbocycles. The third kappa shape index (κ3) is 2.18. The molecule has 0 bridgehead atoms. The predicted molar refractivity (Wildman–Crippen MR) is 48.5 cm³/mol. The number of pyridine rings is 1. The van der Waals surface area contributed by atoms with Crippen LogP contribution in [-0.4, -0.2) is 16.1 Å². The van der Waals surface area contributed by atoms with Crippen LogP contribution < -0.4 is 11.5 Å². The second-order valence-corrected chi connectivity index (χ2v) is 2.78. The van der Waals surface area contributed by atoms with Crippen LogP contribution in [0.4, 0.5) is 14.6 Å². The molecule has 0 radical (unpaired) electrons. The molecule has 5 N–H and O–H groups in total. The van der Waals surface area contributed by atoms with Gasteiger partial charge in [0, 0.05) is 6.54 Å².